The number of benzene rings is 2. The van der Waals surface area contributed by atoms with E-state index in [4.69, 9.17) is 15.2 Å². The first-order valence-electron chi connectivity index (χ1n) is 14.1. The zero-order valence-corrected chi connectivity index (χ0v) is 23.6. The third kappa shape index (κ3) is 8.64. The molecule has 12 heteroatoms. The molecule has 2 saturated heterocycles. The Morgan fingerprint density at radius 3 is 2.27 bits per heavy atom. The van der Waals surface area contributed by atoms with Crippen LogP contribution in [0.25, 0.3) is 0 Å². The van der Waals surface area contributed by atoms with E-state index in [0.717, 1.165) is 44.1 Å². The van der Waals surface area contributed by atoms with Gasteiger partial charge in [0.15, 0.2) is 0 Å². The molecule has 9 nitrogen and oxygen atoms in total. The van der Waals surface area contributed by atoms with E-state index in [1.54, 1.807) is 0 Å². The second kappa shape index (κ2) is 13.6. The second-order valence-corrected chi connectivity index (χ2v) is 11.1. The minimum Gasteiger partial charge on any atom is -0.493 e. The molecule has 0 bridgehead atoms. The molecule has 0 atom stereocenters. The predicted molar refractivity (Wildman–Crippen MR) is 151 cm³/mol. The predicted octanol–water partition coefficient (Wildman–Crippen LogP) is 4.94. The van der Waals surface area contributed by atoms with Gasteiger partial charge >= 0.3 is 6.18 Å². The largest absolute Gasteiger partial charge is 0.493 e. The molecule has 2 aromatic carbocycles. The van der Waals surface area contributed by atoms with Crippen LogP contribution in [0.1, 0.15) is 38.7 Å². The van der Waals surface area contributed by atoms with Crippen LogP contribution < -0.4 is 20.2 Å². The number of anilines is 3. The van der Waals surface area contributed by atoms with E-state index in [9.17, 15) is 18.0 Å². The first-order valence-corrected chi connectivity index (χ1v) is 14.1. The highest BCUT2D eigenvalue weighted by atomic mass is 19.4. The quantitative estimate of drug-likeness (QED) is 0.341. The lowest BCUT2D eigenvalue weighted by Crippen LogP contribution is -2.48. The average molecular weight is 580 g/mol. The zero-order valence-electron chi connectivity index (χ0n) is 23.6. The van der Waals surface area contributed by atoms with Crippen molar-refractivity contribution in [2.24, 2.45) is 5.92 Å². The maximum atomic E-state index is 13.3. The van der Waals surface area contributed by atoms with Crippen LogP contribution in [0.2, 0.25) is 0 Å². The van der Waals surface area contributed by atoms with E-state index in [-0.39, 0.29) is 17.6 Å². The fourth-order valence-electron chi connectivity index (χ4n) is 5.19. The summed E-state index contributed by atoms with van der Waals surface area (Å²) in [5.41, 5.74) is -0.484. The summed E-state index contributed by atoms with van der Waals surface area (Å²) in [5, 5.41) is 20.8. The molecule has 41 heavy (non-hydrogen) atoms. The van der Waals surface area contributed by atoms with E-state index in [2.05, 4.69) is 41.1 Å². The molecule has 4 rings (SSSR count). The maximum Gasteiger partial charge on any atom is 0.418 e. The number of hydrogen-bond donors (Lipinski definition) is 3. The first kappa shape index (κ1) is 30.7. The molecule has 0 saturated carbocycles. The number of hydrogen-bond acceptors (Lipinski definition) is 8. The van der Waals surface area contributed by atoms with Crippen molar-refractivity contribution in [2.75, 3.05) is 67.9 Å². The number of ether oxygens (including phenoxy) is 1. The van der Waals surface area contributed by atoms with E-state index in [1.165, 1.54) is 11.8 Å². The second-order valence-electron chi connectivity index (χ2n) is 11.1. The molecule has 1 amide bonds. The fourth-order valence-corrected chi connectivity index (χ4v) is 5.19. The SMILES string of the molecule is CC(C)COc1ccc(N2CCN(CCC(=O)N3CCC(Nc4ccc(N(O)O)c(C(F)(F)F)c4)CC3)CC2)cc1. The van der Waals surface area contributed by atoms with Gasteiger partial charge in [-0.15, -0.1) is 5.23 Å². The molecule has 2 heterocycles. The Morgan fingerprint density at radius 2 is 1.68 bits per heavy atom. The summed E-state index contributed by atoms with van der Waals surface area (Å²) in [7, 11) is 0. The zero-order chi connectivity index (χ0) is 29.6. The Balaban J connectivity index is 1.17. The highest BCUT2D eigenvalue weighted by Crippen LogP contribution is 2.38. The summed E-state index contributed by atoms with van der Waals surface area (Å²) in [6.07, 6.45) is -3.08. The highest BCUT2D eigenvalue weighted by Gasteiger charge is 2.35. The number of carbonyl (C=O) groups excluding carboxylic acids is 1. The lowest BCUT2D eigenvalue weighted by molar-refractivity contribution is -0.138. The minimum absolute atomic E-state index is 0.0887. The standard InChI is InChI=1S/C29H40F3N5O4/c1-21(2)20-41-25-6-4-24(5-7-25)35-17-15-34(16-18-35)12-11-28(38)36-13-9-22(10-14-36)33-23-3-8-27(37(39)40)26(19-23)29(30,31)32/h3-8,19,21-22,33,39-40H,9-18,20H2,1-2H3. The summed E-state index contributed by atoms with van der Waals surface area (Å²) in [5.74, 6) is 1.46. The smallest absolute Gasteiger partial charge is 0.418 e. The lowest BCUT2D eigenvalue weighted by Gasteiger charge is -2.37. The van der Waals surface area contributed by atoms with Gasteiger partial charge in [-0.1, -0.05) is 13.8 Å². The van der Waals surface area contributed by atoms with Crippen LogP contribution in [0, 0.1) is 5.92 Å². The molecular weight excluding hydrogens is 539 g/mol. The van der Waals surface area contributed by atoms with Gasteiger partial charge < -0.3 is 19.9 Å². The molecule has 2 aliphatic heterocycles. The number of likely N-dealkylation sites (tertiary alicyclic amines) is 1. The van der Waals surface area contributed by atoms with Crippen molar-refractivity contribution >= 4 is 23.0 Å². The van der Waals surface area contributed by atoms with Crippen LogP contribution in [-0.2, 0) is 11.0 Å². The van der Waals surface area contributed by atoms with Gasteiger partial charge in [0.2, 0.25) is 5.91 Å². The van der Waals surface area contributed by atoms with E-state index < -0.39 is 22.7 Å². The molecule has 2 aliphatic rings. The molecule has 3 N–H and O–H groups in total. The Labute approximate surface area is 239 Å². The van der Waals surface area contributed by atoms with Crippen molar-refractivity contribution in [3.63, 3.8) is 0 Å². The van der Waals surface area contributed by atoms with Crippen LogP contribution in [0.3, 0.4) is 0 Å². The Bertz CT molecular complexity index is 1130. The topological polar surface area (TPSA) is 91.8 Å². The monoisotopic (exact) mass is 579 g/mol. The third-order valence-corrected chi connectivity index (χ3v) is 7.54. The fraction of sp³-hybridized carbons (Fsp3) is 0.552. The molecule has 2 fully saturated rings. The van der Waals surface area contributed by atoms with Crippen LogP contribution in [0.4, 0.5) is 30.2 Å². The summed E-state index contributed by atoms with van der Waals surface area (Å²) < 4.78 is 45.8. The normalized spacial score (nSPS) is 17.2. The third-order valence-electron chi connectivity index (χ3n) is 7.54. The Hall–Kier alpha value is -3.22. The van der Waals surface area contributed by atoms with Gasteiger partial charge in [0.05, 0.1) is 12.2 Å². The van der Waals surface area contributed by atoms with E-state index in [1.807, 2.05) is 17.0 Å². The van der Waals surface area contributed by atoms with Crippen LogP contribution in [-0.4, -0.2) is 84.6 Å². The average Bonchev–Trinajstić information content (AvgIpc) is 2.95. The molecule has 0 radical (unpaired) electrons. The van der Waals surface area contributed by atoms with Crippen molar-refractivity contribution in [2.45, 2.75) is 45.3 Å². The maximum absolute atomic E-state index is 13.3. The van der Waals surface area contributed by atoms with Gasteiger partial charge in [-0.3, -0.25) is 20.1 Å². The van der Waals surface area contributed by atoms with Crippen molar-refractivity contribution in [3.05, 3.63) is 48.0 Å². The Morgan fingerprint density at radius 1 is 1.02 bits per heavy atom. The van der Waals surface area contributed by atoms with Crippen molar-refractivity contribution in [1.82, 2.24) is 9.80 Å². The molecule has 0 aliphatic carbocycles. The number of carbonyl (C=O) groups is 1. The van der Waals surface area contributed by atoms with Crippen molar-refractivity contribution in [3.8, 4) is 5.75 Å². The molecular formula is C29H40F3N5O4. The summed E-state index contributed by atoms with van der Waals surface area (Å²) in [6, 6.07) is 11.4. The number of nitrogens with zero attached hydrogens (tertiary/aromatic N) is 4. The minimum atomic E-state index is -4.74. The number of rotatable bonds is 10. The van der Waals surface area contributed by atoms with Crippen molar-refractivity contribution in [1.29, 1.82) is 0 Å². The molecule has 0 unspecified atom stereocenters. The number of nitrogens with one attached hydrogen (secondary N) is 1. The van der Waals surface area contributed by atoms with Gasteiger partial charge in [0, 0.05) is 69.7 Å². The van der Waals surface area contributed by atoms with Gasteiger partial charge in [0.25, 0.3) is 0 Å². The number of halogens is 3. The van der Waals surface area contributed by atoms with E-state index >= 15 is 0 Å². The Kier molecular flexibility index (Phi) is 10.2. The van der Waals surface area contributed by atoms with Crippen LogP contribution in [0.5, 0.6) is 5.75 Å². The number of piperidine rings is 1. The first-order chi connectivity index (χ1) is 19.5. The van der Waals surface area contributed by atoms with E-state index in [0.29, 0.717) is 51.4 Å². The van der Waals surface area contributed by atoms with Gasteiger partial charge in [-0.2, -0.15) is 13.2 Å². The summed E-state index contributed by atoms with van der Waals surface area (Å²) in [6.45, 7) is 10.3. The number of amides is 1. The number of alkyl halides is 3. The number of piperazine rings is 1. The highest BCUT2D eigenvalue weighted by molar-refractivity contribution is 5.76. The molecule has 0 aromatic heterocycles. The molecule has 226 valence electrons. The van der Waals surface area contributed by atoms with Gasteiger partial charge in [-0.25, -0.2) is 0 Å². The van der Waals surface area contributed by atoms with Gasteiger partial charge in [-0.05, 0) is 61.2 Å². The summed E-state index contributed by atoms with van der Waals surface area (Å²) in [4.78, 5) is 19.3. The summed E-state index contributed by atoms with van der Waals surface area (Å²) >= 11 is 0. The lowest BCUT2D eigenvalue weighted by atomic mass is 10.0. The molecule has 2 aromatic rings. The van der Waals surface area contributed by atoms with Gasteiger partial charge in [0.1, 0.15) is 11.4 Å². The van der Waals surface area contributed by atoms with Crippen LogP contribution in [0.15, 0.2) is 42.5 Å². The van der Waals surface area contributed by atoms with Crippen LogP contribution >= 0.6 is 0 Å². The molecule has 0 spiro atoms. The van der Waals surface area contributed by atoms with Crippen molar-refractivity contribution < 1.29 is 33.1 Å².